The molecular formula is C24H25NO2S. The molecule has 3 nitrogen and oxygen atoms in total. The number of allylic oxidation sites excluding steroid dienone is 1. The van der Waals surface area contributed by atoms with Crippen LogP contribution in [0.4, 0.5) is 0 Å². The quantitative estimate of drug-likeness (QED) is 0.327. The van der Waals surface area contributed by atoms with E-state index in [1.54, 1.807) is 17.5 Å². The first-order valence-electron chi connectivity index (χ1n) is 9.65. The van der Waals surface area contributed by atoms with E-state index in [0.717, 1.165) is 30.4 Å². The molecule has 1 aromatic carbocycles. The normalized spacial score (nSPS) is 12.5. The summed E-state index contributed by atoms with van der Waals surface area (Å²) >= 11 is 1.73. The second-order valence-corrected chi connectivity index (χ2v) is 7.43. The van der Waals surface area contributed by atoms with Gasteiger partial charge >= 0.3 is 5.97 Å². The van der Waals surface area contributed by atoms with Crippen molar-refractivity contribution in [2.75, 3.05) is 6.61 Å². The van der Waals surface area contributed by atoms with E-state index in [2.05, 4.69) is 34.6 Å². The van der Waals surface area contributed by atoms with Gasteiger partial charge in [-0.1, -0.05) is 48.5 Å². The van der Waals surface area contributed by atoms with Crippen molar-refractivity contribution in [3.05, 3.63) is 94.5 Å². The highest BCUT2D eigenvalue weighted by Gasteiger charge is 2.21. The molecule has 3 aromatic rings. The Morgan fingerprint density at radius 3 is 2.68 bits per heavy atom. The van der Waals surface area contributed by atoms with Crippen molar-refractivity contribution < 1.29 is 9.53 Å². The van der Waals surface area contributed by atoms with Gasteiger partial charge in [-0.15, -0.1) is 11.3 Å². The Labute approximate surface area is 170 Å². The molecule has 0 aliphatic rings. The van der Waals surface area contributed by atoms with Crippen molar-refractivity contribution in [1.29, 1.82) is 0 Å². The number of aromatic nitrogens is 1. The smallest absolute Gasteiger partial charge is 0.313 e. The average Bonchev–Trinajstić information content (AvgIpc) is 3.26. The molecule has 4 heteroatoms. The molecule has 144 valence electrons. The summed E-state index contributed by atoms with van der Waals surface area (Å²) in [6.07, 6.45) is 8.52. The molecule has 28 heavy (non-hydrogen) atoms. The Morgan fingerprint density at radius 2 is 2.00 bits per heavy atom. The zero-order chi connectivity index (χ0) is 19.6. The number of hydrogen-bond donors (Lipinski definition) is 0. The summed E-state index contributed by atoms with van der Waals surface area (Å²) in [5.74, 6) is -0.346. The molecule has 0 spiro atoms. The summed E-state index contributed by atoms with van der Waals surface area (Å²) in [5.41, 5.74) is 3.35. The fourth-order valence-electron chi connectivity index (χ4n) is 3.23. The third-order valence-corrected chi connectivity index (χ3v) is 5.48. The Kier molecular flexibility index (Phi) is 7.56. The fraction of sp³-hybridized carbons (Fsp3) is 0.250. The van der Waals surface area contributed by atoms with Crippen LogP contribution in [0.3, 0.4) is 0 Å². The number of unbranched alkanes of at least 4 members (excludes halogenated alkanes) is 1. The van der Waals surface area contributed by atoms with Crippen LogP contribution in [0.5, 0.6) is 0 Å². The molecule has 0 radical (unpaired) electrons. The first-order valence-corrected chi connectivity index (χ1v) is 10.5. The molecule has 0 saturated heterocycles. The zero-order valence-corrected chi connectivity index (χ0v) is 16.9. The van der Waals surface area contributed by atoms with Crippen molar-refractivity contribution in [3.8, 4) is 0 Å². The third kappa shape index (κ3) is 5.40. The SMILES string of the molecule is CCOC(=O)C(CCC/C=C(/c1cccnc1)c1cccs1)c1ccccc1. The van der Waals surface area contributed by atoms with Crippen LogP contribution in [-0.4, -0.2) is 17.6 Å². The van der Waals surface area contributed by atoms with E-state index >= 15 is 0 Å². The molecule has 2 heterocycles. The number of nitrogens with zero attached hydrogens (tertiary/aromatic N) is 1. The van der Waals surface area contributed by atoms with Crippen LogP contribution in [0.2, 0.25) is 0 Å². The van der Waals surface area contributed by atoms with Crippen molar-refractivity contribution in [1.82, 2.24) is 4.98 Å². The van der Waals surface area contributed by atoms with Crippen LogP contribution in [0.15, 0.2) is 78.4 Å². The third-order valence-electron chi connectivity index (χ3n) is 4.58. The number of esters is 1. The lowest BCUT2D eigenvalue weighted by Gasteiger charge is -2.15. The molecule has 1 atom stereocenters. The Bertz CT molecular complexity index is 873. The van der Waals surface area contributed by atoms with Crippen LogP contribution in [0.1, 0.15) is 48.1 Å². The van der Waals surface area contributed by atoms with Crippen LogP contribution in [-0.2, 0) is 9.53 Å². The van der Waals surface area contributed by atoms with Gasteiger partial charge in [0.1, 0.15) is 0 Å². The molecule has 1 unspecified atom stereocenters. The monoisotopic (exact) mass is 391 g/mol. The van der Waals surface area contributed by atoms with Crippen molar-refractivity contribution >= 4 is 22.9 Å². The number of rotatable bonds is 9. The number of carbonyl (C=O) groups excluding carboxylic acids is 1. The zero-order valence-electron chi connectivity index (χ0n) is 16.1. The van der Waals surface area contributed by atoms with Gasteiger partial charge in [-0.25, -0.2) is 0 Å². The van der Waals surface area contributed by atoms with E-state index in [9.17, 15) is 4.79 Å². The Balaban J connectivity index is 1.71. The molecule has 0 fully saturated rings. The minimum absolute atomic E-state index is 0.136. The highest BCUT2D eigenvalue weighted by atomic mass is 32.1. The summed E-state index contributed by atoms with van der Waals surface area (Å²) in [6.45, 7) is 2.26. The molecule has 0 N–H and O–H groups in total. The Hall–Kier alpha value is -2.72. The van der Waals surface area contributed by atoms with Gasteiger partial charge in [-0.2, -0.15) is 0 Å². The predicted molar refractivity (Wildman–Crippen MR) is 115 cm³/mol. The summed E-state index contributed by atoms with van der Waals surface area (Å²) < 4.78 is 5.30. The number of ether oxygens (including phenoxy) is 1. The van der Waals surface area contributed by atoms with Crippen LogP contribution in [0.25, 0.3) is 5.57 Å². The molecule has 0 aliphatic carbocycles. The minimum atomic E-state index is -0.210. The summed E-state index contributed by atoms with van der Waals surface area (Å²) in [4.78, 5) is 17.9. The number of benzene rings is 1. The van der Waals surface area contributed by atoms with Gasteiger partial charge in [-0.3, -0.25) is 9.78 Å². The first-order chi connectivity index (χ1) is 13.8. The maximum atomic E-state index is 12.4. The molecular weight excluding hydrogens is 366 g/mol. The maximum Gasteiger partial charge on any atom is 0.313 e. The van der Waals surface area contributed by atoms with E-state index in [0.29, 0.717) is 6.61 Å². The highest BCUT2D eigenvalue weighted by molar-refractivity contribution is 7.11. The van der Waals surface area contributed by atoms with Gasteiger partial charge in [0.15, 0.2) is 0 Å². The molecule has 3 rings (SSSR count). The second-order valence-electron chi connectivity index (χ2n) is 6.48. The molecule has 0 bridgehead atoms. The number of hydrogen-bond acceptors (Lipinski definition) is 4. The maximum absolute atomic E-state index is 12.4. The first kappa shape index (κ1) is 20.0. The van der Waals surface area contributed by atoms with E-state index in [1.165, 1.54) is 10.5 Å². The van der Waals surface area contributed by atoms with Gasteiger partial charge in [0.25, 0.3) is 0 Å². The number of pyridine rings is 1. The molecule has 2 aromatic heterocycles. The van der Waals surface area contributed by atoms with E-state index in [-0.39, 0.29) is 11.9 Å². The average molecular weight is 392 g/mol. The van der Waals surface area contributed by atoms with E-state index < -0.39 is 0 Å². The van der Waals surface area contributed by atoms with Crippen molar-refractivity contribution in [2.45, 2.75) is 32.1 Å². The van der Waals surface area contributed by atoms with Gasteiger partial charge in [0.05, 0.1) is 12.5 Å². The summed E-state index contributed by atoms with van der Waals surface area (Å²) in [6, 6.07) is 18.2. The van der Waals surface area contributed by atoms with Crippen molar-refractivity contribution in [2.24, 2.45) is 0 Å². The van der Waals surface area contributed by atoms with Crippen LogP contribution < -0.4 is 0 Å². The topological polar surface area (TPSA) is 39.2 Å². The van der Waals surface area contributed by atoms with E-state index in [4.69, 9.17) is 4.74 Å². The molecule has 0 amide bonds. The van der Waals surface area contributed by atoms with Crippen LogP contribution >= 0.6 is 11.3 Å². The summed E-state index contributed by atoms with van der Waals surface area (Å²) in [7, 11) is 0. The fourth-order valence-corrected chi connectivity index (χ4v) is 4.02. The highest BCUT2D eigenvalue weighted by Crippen LogP contribution is 2.29. The molecule has 0 aliphatic heterocycles. The second kappa shape index (κ2) is 10.6. The van der Waals surface area contributed by atoms with Gasteiger partial charge in [0, 0.05) is 22.8 Å². The van der Waals surface area contributed by atoms with Gasteiger partial charge in [0.2, 0.25) is 0 Å². The number of carbonyl (C=O) groups is 1. The Morgan fingerprint density at radius 1 is 1.14 bits per heavy atom. The van der Waals surface area contributed by atoms with E-state index in [1.807, 2.05) is 49.5 Å². The van der Waals surface area contributed by atoms with Crippen molar-refractivity contribution in [3.63, 3.8) is 0 Å². The largest absolute Gasteiger partial charge is 0.466 e. The lowest BCUT2D eigenvalue weighted by Crippen LogP contribution is -2.16. The van der Waals surface area contributed by atoms with Gasteiger partial charge in [-0.05, 0) is 54.8 Å². The summed E-state index contributed by atoms with van der Waals surface area (Å²) in [5, 5.41) is 2.09. The van der Waals surface area contributed by atoms with Crippen LogP contribution in [0, 0.1) is 0 Å². The lowest BCUT2D eigenvalue weighted by atomic mass is 9.93. The molecule has 0 saturated carbocycles. The lowest BCUT2D eigenvalue weighted by molar-refractivity contribution is -0.145. The standard InChI is InChI=1S/C24H25NO2S/c1-2-27-24(26)22(19-10-4-3-5-11-19)14-7-6-13-21(23-15-9-17-28-23)20-12-8-16-25-18-20/h3-5,8-13,15-18,22H,2,6-7,14H2,1H3/b21-13-. The van der Waals surface area contributed by atoms with Gasteiger partial charge < -0.3 is 4.74 Å². The number of thiophene rings is 1. The minimum Gasteiger partial charge on any atom is -0.466 e. The predicted octanol–water partition coefficient (Wildman–Crippen LogP) is 6.09.